The number of piperazine rings is 1. The van der Waals surface area contributed by atoms with Crippen molar-refractivity contribution < 1.29 is 9.53 Å². The van der Waals surface area contributed by atoms with E-state index in [1.54, 1.807) is 7.11 Å². The summed E-state index contributed by atoms with van der Waals surface area (Å²) in [4.78, 5) is 19.0. The highest BCUT2D eigenvalue weighted by molar-refractivity contribution is 5.85. The molecule has 22 heavy (non-hydrogen) atoms. The molecule has 2 aliphatic rings. The largest absolute Gasteiger partial charge is 0.383 e. The van der Waals surface area contributed by atoms with Crippen molar-refractivity contribution in [2.75, 3.05) is 60.0 Å². The molecule has 0 spiro atoms. The number of carbonyl (C=O) groups is 1. The average molecular weight is 335 g/mol. The van der Waals surface area contributed by atoms with E-state index in [9.17, 15) is 4.79 Å². The van der Waals surface area contributed by atoms with Crippen molar-refractivity contribution in [3.05, 3.63) is 0 Å². The van der Waals surface area contributed by atoms with Crippen LogP contribution in [0.2, 0.25) is 0 Å². The molecule has 2 heterocycles. The van der Waals surface area contributed by atoms with E-state index in [4.69, 9.17) is 10.5 Å². The SMILES string of the molecule is COCC(N)C(=O)N1CCN(CC2CCCCN2C)CC1.Cl. The number of halogens is 1. The first-order valence-electron chi connectivity index (χ1n) is 8.07. The monoisotopic (exact) mass is 334 g/mol. The molecular weight excluding hydrogens is 304 g/mol. The summed E-state index contributed by atoms with van der Waals surface area (Å²) >= 11 is 0. The molecule has 2 fully saturated rings. The van der Waals surface area contributed by atoms with Gasteiger partial charge in [0.1, 0.15) is 6.04 Å². The summed E-state index contributed by atoms with van der Waals surface area (Å²) in [5.41, 5.74) is 5.82. The van der Waals surface area contributed by atoms with Gasteiger partial charge in [-0.15, -0.1) is 12.4 Å². The van der Waals surface area contributed by atoms with Gasteiger partial charge in [0.2, 0.25) is 5.91 Å². The summed E-state index contributed by atoms with van der Waals surface area (Å²) in [5, 5.41) is 0. The van der Waals surface area contributed by atoms with E-state index in [-0.39, 0.29) is 18.3 Å². The molecule has 0 saturated carbocycles. The average Bonchev–Trinajstić information content (AvgIpc) is 2.50. The number of hydrogen-bond donors (Lipinski definition) is 1. The van der Waals surface area contributed by atoms with Gasteiger partial charge in [-0.25, -0.2) is 0 Å². The van der Waals surface area contributed by atoms with Crippen molar-refractivity contribution in [2.24, 2.45) is 5.73 Å². The Balaban J connectivity index is 0.00000242. The third kappa shape index (κ3) is 5.35. The zero-order valence-corrected chi connectivity index (χ0v) is 14.7. The Labute approximate surface area is 140 Å². The Morgan fingerprint density at radius 2 is 1.91 bits per heavy atom. The van der Waals surface area contributed by atoms with Gasteiger partial charge >= 0.3 is 0 Å². The van der Waals surface area contributed by atoms with Gasteiger partial charge in [0.25, 0.3) is 0 Å². The van der Waals surface area contributed by atoms with E-state index in [2.05, 4.69) is 16.8 Å². The van der Waals surface area contributed by atoms with E-state index >= 15 is 0 Å². The Morgan fingerprint density at radius 3 is 2.50 bits per heavy atom. The second-order valence-electron chi connectivity index (χ2n) is 6.32. The first kappa shape index (κ1) is 19.6. The van der Waals surface area contributed by atoms with Gasteiger partial charge in [-0.3, -0.25) is 9.69 Å². The molecule has 0 aliphatic carbocycles. The van der Waals surface area contributed by atoms with Gasteiger partial charge in [-0.2, -0.15) is 0 Å². The Kier molecular flexibility index (Phi) is 8.64. The van der Waals surface area contributed by atoms with Crippen LogP contribution in [0.25, 0.3) is 0 Å². The number of nitrogens with zero attached hydrogens (tertiary/aromatic N) is 3. The maximum absolute atomic E-state index is 12.1. The normalized spacial score (nSPS) is 25.6. The first-order valence-corrected chi connectivity index (χ1v) is 8.07. The first-order chi connectivity index (χ1) is 10.1. The van der Waals surface area contributed by atoms with Gasteiger partial charge in [0.05, 0.1) is 6.61 Å². The van der Waals surface area contributed by atoms with Crippen molar-refractivity contribution in [1.82, 2.24) is 14.7 Å². The molecule has 2 saturated heterocycles. The molecule has 2 unspecified atom stereocenters. The predicted octanol–water partition coefficient (Wildman–Crippen LogP) is 0.0104. The van der Waals surface area contributed by atoms with E-state index in [1.165, 1.54) is 25.8 Å². The van der Waals surface area contributed by atoms with Crippen LogP contribution in [0.5, 0.6) is 0 Å². The fourth-order valence-corrected chi connectivity index (χ4v) is 3.31. The molecular formula is C15H31ClN4O2. The van der Waals surface area contributed by atoms with Gasteiger partial charge in [0.15, 0.2) is 0 Å². The standard InChI is InChI=1S/C15H30N4O2.ClH/c1-17-6-4-3-5-13(17)11-18-7-9-19(10-8-18)15(20)14(16)12-21-2;/h13-14H,3-12,16H2,1-2H3;1H. The molecule has 2 rings (SSSR count). The predicted molar refractivity (Wildman–Crippen MR) is 90.4 cm³/mol. The number of methoxy groups -OCH3 is 1. The minimum absolute atomic E-state index is 0. The molecule has 1 amide bonds. The number of rotatable bonds is 5. The summed E-state index contributed by atoms with van der Waals surface area (Å²) in [7, 11) is 3.80. The summed E-state index contributed by atoms with van der Waals surface area (Å²) in [6.45, 7) is 6.12. The number of nitrogens with two attached hydrogens (primary N) is 1. The molecule has 0 aromatic rings. The van der Waals surface area contributed by atoms with Gasteiger partial charge in [0, 0.05) is 45.9 Å². The molecule has 0 radical (unpaired) electrons. The third-order valence-corrected chi connectivity index (χ3v) is 4.74. The molecule has 130 valence electrons. The quantitative estimate of drug-likeness (QED) is 0.767. The van der Waals surface area contributed by atoms with Gasteiger partial charge < -0.3 is 20.3 Å². The summed E-state index contributed by atoms with van der Waals surface area (Å²) in [5.74, 6) is 0.0197. The van der Waals surface area contributed by atoms with Crippen LogP contribution in [0, 0.1) is 0 Å². The van der Waals surface area contributed by atoms with Crippen LogP contribution in [0.15, 0.2) is 0 Å². The lowest BCUT2D eigenvalue weighted by molar-refractivity contribution is -0.135. The Morgan fingerprint density at radius 1 is 1.23 bits per heavy atom. The highest BCUT2D eigenvalue weighted by Crippen LogP contribution is 2.17. The third-order valence-electron chi connectivity index (χ3n) is 4.74. The fraction of sp³-hybridized carbons (Fsp3) is 0.933. The van der Waals surface area contributed by atoms with Crippen molar-refractivity contribution in [2.45, 2.75) is 31.3 Å². The minimum Gasteiger partial charge on any atom is -0.383 e. The number of ether oxygens (including phenoxy) is 1. The van der Waals surface area contributed by atoms with Crippen LogP contribution in [0.4, 0.5) is 0 Å². The van der Waals surface area contributed by atoms with Gasteiger partial charge in [-0.1, -0.05) is 6.42 Å². The number of piperidine rings is 1. The molecule has 0 aromatic heterocycles. The fourth-order valence-electron chi connectivity index (χ4n) is 3.31. The summed E-state index contributed by atoms with van der Waals surface area (Å²) < 4.78 is 4.96. The lowest BCUT2D eigenvalue weighted by Crippen LogP contribution is -2.56. The maximum Gasteiger partial charge on any atom is 0.241 e. The number of hydrogen-bond acceptors (Lipinski definition) is 5. The molecule has 0 aromatic carbocycles. The highest BCUT2D eigenvalue weighted by atomic mass is 35.5. The lowest BCUT2D eigenvalue weighted by atomic mass is 10.0. The molecule has 0 bridgehead atoms. The molecule has 6 nitrogen and oxygen atoms in total. The Hall–Kier alpha value is -0.400. The summed E-state index contributed by atoms with van der Waals surface area (Å²) in [6, 6.07) is 0.155. The number of likely N-dealkylation sites (tertiary alicyclic amines) is 1. The van der Waals surface area contributed by atoms with E-state index in [0.717, 1.165) is 32.7 Å². The molecule has 2 atom stereocenters. The van der Waals surface area contributed by atoms with Crippen LogP contribution >= 0.6 is 12.4 Å². The second kappa shape index (κ2) is 9.67. The smallest absolute Gasteiger partial charge is 0.241 e. The summed E-state index contributed by atoms with van der Waals surface area (Å²) in [6.07, 6.45) is 3.97. The second-order valence-corrected chi connectivity index (χ2v) is 6.32. The Bertz CT molecular complexity index is 338. The highest BCUT2D eigenvalue weighted by Gasteiger charge is 2.27. The minimum atomic E-state index is -0.522. The zero-order valence-electron chi connectivity index (χ0n) is 13.9. The van der Waals surface area contributed by atoms with Gasteiger partial charge in [-0.05, 0) is 26.4 Å². The maximum atomic E-state index is 12.1. The zero-order chi connectivity index (χ0) is 15.2. The van der Waals surface area contributed by atoms with Crippen molar-refractivity contribution >= 4 is 18.3 Å². The van der Waals surface area contributed by atoms with Crippen molar-refractivity contribution in [1.29, 1.82) is 0 Å². The molecule has 2 N–H and O–H groups in total. The number of likely N-dealkylation sites (N-methyl/N-ethyl adjacent to an activating group) is 1. The van der Waals surface area contributed by atoms with E-state index in [1.807, 2.05) is 4.90 Å². The molecule has 2 aliphatic heterocycles. The van der Waals surface area contributed by atoms with Crippen LogP contribution in [0.3, 0.4) is 0 Å². The van der Waals surface area contributed by atoms with Crippen molar-refractivity contribution in [3.63, 3.8) is 0 Å². The van der Waals surface area contributed by atoms with E-state index in [0.29, 0.717) is 12.6 Å². The molecule has 7 heteroatoms. The van der Waals surface area contributed by atoms with Crippen LogP contribution in [-0.4, -0.2) is 92.7 Å². The van der Waals surface area contributed by atoms with Crippen LogP contribution < -0.4 is 5.73 Å². The number of amides is 1. The van der Waals surface area contributed by atoms with Crippen molar-refractivity contribution in [3.8, 4) is 0 Å². The topological polar surface area (TPSA) is 62.0 Å². The lowest BCUT2D eigenvalue weighted by Gasteiger charge is -2.40. The number of carbonyl (C=O) groups excluding carboxylic acids is 1. The van der Waals surface area contributed by atoms with Crippen LogP contribution in [-0.2, 0) is 9.53 Å². The van der Waals surface area contributed by atoms with Crippen LogP contribution in [0.1, 0.15) is 19.3 Å². The van der Waals surface area contributed by atoms with E-state index < -0.39 is 6.04 Å².